The molecule has 3 rings (SSSR count). The van der Waals surface area contributed by atoms with E-state index in [1.807, 2.05) is 0 Å². The van der Waals surface area contributed by atoms with Crippen LogP contribution < -0.4 is 10.3 Å². The molecule has 0 saturated carbocycles. The number of anilines is 1. The first-order chi connectivity index (χ1) is 15.4. The minimum Gasteiger partial charge on any atom is -0.477 e. The summed E-state index contributed by atoms with van der Waals surface area (Å²) >= 11 is 0. The highest BCUT2D eigenvalue weighted by atomic mass is 31.2. The SMILES string of the molecule is CCn1c(C)c(C(=O)O)c(=O)c2c(C)c(F)c(N3CCN(P(=O)(OC)OC)C(C)C3)c(F)c21. The number of fused-ring (bicyclic) bond motifs is 1. The van der Waals surface area contributed by atoms with E-state index in [4.69, 9.17) is 9.05 Å². The predicted molar refractivity (Wildman–Crippen MR) is 120 cm³/mol. The lowest BCUT2D eigenvalue weighted by Gasteiger charge is -2.42. The van der Waals surface area contributed by atoms with E-state index in [9.17, 15) is 19.3 Å². The molecule has 0 amide bonds. The smallest absolute Gasteiger partial charge is 0.407 e. The molecule has 1 fully saturated rings. The average Bonchev–Trinajstić information content (AvgIpc) is 2.76. The van der Waals surface area contributed by atoms with Crippen molar-refractivity contribution in [2.45, 2.75) is 40.3 Å². The third kappa shape index (κ3) is 3.86. The molecule has 0 spiro atoms. The monoisotopic (exact) mass is 487 g/mol. The van der Waals surface area contributed by atoms with E-state index in [0.29, 0.717) is 0 Å². The Kier molecular flexibility index (Phi) is 7.00. The van der Waals surface area contributed by atoms with Gasteiger partial charge in [-0.15, -0.1) is 0 Å². The van der Waals surface area contributed by atoms with Gasteiger partial charge in [0, 0.05) is 57.7 Å². The van der Waals surface area contributed by atoms with E-state index >= 15 is 8.78 Å². The molecule has 12 heteroatoms. The van der Waals surface area contributed by atoms with Gasteiger partial charge < -0.3 is 14.6 Å². The molecule has 33 heavy (non-hydrogen) atoms. The van der Waals surface area contributed by atoms with Crippen LogP contribution in [0.4, 0.5) is 14.5 Å². The Bertz CT molecular complexity index is 1220. The second-order valence-corrected chi connectivity index (χ2v) is 10.1. The van der Waals surface area contributed by atoms with Crippen molar-refractivity contribution in [3.05, 3.63) is 38.7 Å². The number of aryl methyl sites for hydroxylation is 2. The van der Waals surface area contributed by atoms with E-state index < -0.39 is 42.4 Å². The number of carboxylic acid groups (broad SMARTS) is 1. The van der Waals surface area contributed by atoms with E-state index in [1.165, 1.54) is 42.2 Å². The van der Waals surface area contributed by atoms with Gasteiger partial charge in [-0.2, -0.15) is 0 Å². The highest BCUT2D eigenvalue weighted by Gasteiger charge is 2.40. The van der Waals surface area contributed by atoms with Crippen LogP contribution in [0.2, 0.25) is 0 Å². The van der Waals surface area contributed by atoms with Crippen LogP contribution >= 0.6 is 7.75 Å². The summed E-state index contributed by atoms with van der Waals surface area (Å²) < 4.78 is 57.3. The van der Waals surface area contributed by atoms with Gasteiger partial charge in [0.2, 0.25) is 5.43 Å². The third-order valence-corrected chi connectivity index (χ3v) is 8.42. The van der Waals surface area contributed by atoms with Crippen LogP contribution in [0.5, 0.6) is 0 Å². The minimum atomic E-state index is -3.53. The van der Waals surface area contributed by atoms with Crippen molar-refractivity contribution >= 4 is 30.3 Å². The number of rotatable bonds is 6. The van der Waals surface area contributed by atoms with Gasteiger partial charge in [0.1, 0.15) is 11.3 Å². The lowest BCUT2D eigenvalue weighted by molar-refractivity contribution is 0.0693. The van der Waals surface area contributed by atoms with Gasteiger partial charge in [0.25, 0.3) is 0 Å². The Labute approximate surface area is 190 Å². The van der Waals surface area contributed by atoms with Crippen LogP contribution in [-0.4, -0.2) is 60.2 Å². The average molecular weight is 487 g/mol. The van der Waals surface area contributed by atoms with Crippen molar-refractivity contribution < 1.29 is 32.3 Å². The standard InChI is InChI=1S/C21H28F2N3O6P/c1-7-25-13(4)15(21(28)29)20(27)14-12(3)16(22)19(17(23)18(14)25)24-8-9-26(11(2)10-24)33(30,31-5)32-6/h11H,7-10H2,1-6H3,(H,28,29). The molecule has 1 aliphatic heterocycles. The Morgan fingerprint density at radius 3 is 2.27 bits per heavy atom. The summed E-state index contributed by atoms with van der Waals surface area (Å²) in [4.78, 5) is 26.1. The first-order valence-corrected chi connectivity index (χ1v) is 12.0. The summed E-state index contributed by atoms with van der Waals surface area (Å²) in [6.07, 6.45) is 0. The molecule has 1 unspecified atom stereocenters. The largest absolute Gasteiger partial charge is 0.477 e. The number of carboxylic acids is 1. The molecule has 0 bridgehead atoms. The summed E-state index contributed by atoms with van der Waals surface area (Å²) in [5, 5.41) is 9.23. The number of piperazine rings is 1. The molecule has 1 aromatic carbocycles. The maximum atomic E-state index is 15.9. The minimum absolute atomic E-state index is 0.0951. The van der Waals surface area contributed by atoms with Crippen molar-refractivity contribution in [3.63, 3.8) is 0 Å². The zero-order valence-electron chi connectivity index (χ0n) is 19.4. The van der Waals surface area contributed by atoms with Crippen molar-refractivity contribution in [1.29, 1.82) is 0 Å². The molecule has 2 heterocycles. The second kappa shape index (κ2) is 9.13. The Morgan fingerprint density at radius 1 is 1.18 bits per heavy atom. The number of aromatic nitrogens is 1. The number of halogens is 2. The van der Waals surface area contributed by atoms with E-state index in [0.717, 1.165) is 0 Å². The van der Waals surface area contributed by atoms with Crippen LogP contribution in [0.3, 0.4) is 0 Å². The molecular formula is C21H28F2N3O6P. The number of carbonyl (C=O) groups is 1. The van der Waals surface area contributed by atoms with Gasteiger partial charge in [-0.25, -0.2) is 22.8 Å². The molecule has 182 valence electrons. The topological polar surface area (TPSA) is 101 Å². The fourth-order valence-corrected chi connectivity index (χ4v) is 6.09. The Balaban J connectivity index is 2.23. The van der Waals surface area contributed by atoms with E-state index in [-0.39, 0.29) is 54.0 Å². The number of hydrogen-bond acceptors (Lipinski definition) is 6. The molecule has 1 atom stereocenters. The Hall–Kier alpha value is -2.33. The quantitative estimate of drug-likeness (QED) is 0.618. The van der Waals surface area contributed by atoms with Gasteiger partial charge in [0.05, 0.1) is 10.9 Å². The lowest BCUT2D eigenvalue weighted by atomic mass is 10.0. The van der Waals surface area contributed by atoms with Crippen LogP contribution in [0.25, 0.3) is 10.9 Å². The summed E-state index contributed by atoms with van der Waals surface area (Å²) in [6, 6.07) is -0.427. The number of nitrogens with zero attached hydrogens (tertiary/aromatic N) is 3. The molecule has 9 nitrogen and oxygen atoms in total. The third-order valence-electron chi connectivity index (χ3n) is 6.27. The molecule has 1 N–H and O–H groups in total. The van der Waals surface area contributed by atoms with Gasteiger partial charge in [-0.1, -0.05) is 0 Å². The summed E-state index contributed by atoms with van der Waals surface area (Å²) in [5.41, 5.74) is -1.88. The highest BCUT2D eigenvalue weighted by Crippen LogP contribution is 2.52. The zero-order chi connectivity index (χ0) is 24.8. The normalized spacial score (nSPS) is 17.7. The van der Waals surface area contributed by atoms with Crippen molar-refractivity contribution in [2.75, 3.05) is 38.8 Å². The molecular weight excluding hydrogens is 459 g/mol. The fraction of sp³-hybridized carbons (Fsp3) is 0.524. The lowest BCUT2D eigenvalue weighted by Crippen LogP contribution is -2.51. The highest BCUT2D eigenvalue weighted by molar-refractivity contribution is 7.51. The van der Waals surface area contributed by atoms with Crippen LogP contribution in [0.15, 0.2) is 4.79 Å². The van der Waals surface area contributed by atoms with Gasteiger partial charge in [-0.05, 0) is 27.7 Å². The zero-order valence-corrected chi connectivity index (χ0v) is 20.3. The predicted octanol–water partition coefficient (Wildman–Crippen LogP) is 3.53. The summed E-state index contributed by atoms with van der Waals surface area (Å²) in [7, 11) is -0.984. The summed E-state index contributed by atoms with van der Waals surface area (Å²) in [5.74, 6) is -3.31. The molecule has 1 aliphatic rings. The molecule has 1 aromatic heterocycles. The fourth-order valence-electron chi connectivity index (χ4n) is 4.63. The first kappa shape index (κ1) is 25.3. The number of aromatic carboxylic acids is 1. The van der Waals surface area contributed by atoms with Crippen LogP contribution in [0.1, 0.15) is 35.5 Å². The first-order valence-electron chi connectivity index (χ1n) is 10.5. The van der Waals surface area contributed by atoms with Crippen molar-refractivity contribution in [1.82, 2.24) is 9.24 Å². The Morgan fingerprint density at radius 2 is 1.79 bits per heavy atom. The van der Waals surface area contributed by atoms with E-state index in [1.54, 1.807) is 13.8 Å². The number of benzene rings is 1. The van der Waals surface area contributed by atoms with Gasteiger partial charge >= 0.3 is 13.7 Å². The van der Waals surface area contributed by atoms with Crippen molar-refractivity contribution in [3.8, 4) is 0 Å². The van der Waals surface area contributed by atoms with Gasteiger partial charge in [-0.3, -0.25) is 13.8 Å². The summed E-state index contributed by atoms with van der Waals surface area (Å²) in [6.45, 7) is 6.79. The van der Waals surface area contributed by atoms with E-state index in [2.05, 4.69) is 0 Å². The van der Waals surface area contributed by atoms with Crippen LogP contribution in [0, 0.1) is 25.5 Å². The molecule has 2 aromatic rings. The molecule has 1 saturated heterocycles. The van der Waals surface area contributed by atoms with Crippen LogP contribution in [-0.2, 0) is 20.2 Å². The maximum Gasteiger partial charge on any atom is 0.407 e. The number of pyridine rings is 1. The molecule has 0 aliphatic carbocycles. The second-order valence-electron chi connectivity index (χ2n) is 7.96. The number of hydrogen-bond donors (Lipinski definition) is 1. The molecule has 0 radical (unpaired) electrons. The van der Waals surface area contributed by atoms with Crippen molar-refractivity contribution in [2.24, 2.45) is 0 Å². The maximum absolute atomic E-state index is 15.9. The van der Waals surface area contributed by atoms with Gasteiger partial charge in [0.15, 0.2) is 11.6 Å².